The molecule has 1 aliphatic carbocycles. The number of nitrogens with one attached hydrogen (secondary N) is 1. The highest BCUT2D eigenvalue weighted by Crippen LogP contribution is 2.24. The SMILES string of the molecule is O=S(=O)(CC1CCCCC1)NCC(O)c1ccccc1. The highest BCUT2D eigenvalue weighted by Gasteiger charge is 2.22. The standard InChI is InChI=1S/C15H23NO3S/c17-15(14-9-5-2-6-10-14)11-16-20(18,19)12-13-7-3-1-4-8-13/h2,5-6,9-10,13,15-17H,1,3-4,7-8,11-12H2. The molecule has 1 saturated carbocycles. The molecule has 0 saturated heterocycles. The van der Waals surface area contributed by atoms with E-state index in [2.05, 4.69) is 4.72 Å². The Balaban J connectivity index is 1.82. The third-order valence-corrected chi connectivity index (χ3v) is 5.38. The number of benzene rings is 1. The van der Waals surface area contributed by atoms with Crippen LogP contribution >= 0.6 is 0 Å². The maximum absolute atomic E-state index is 12.0. The number of aliphatic hydroxyl groups is 1. The molecular formula is C15H23NO3S. The lowest BCUT2D eigenvalue weighted by atomic mass is 9.91. The van der Waals surface area contributed by atoms with Crippen LogP contribution in [0.1, 0.15) is 43.8 Å². The van der Waals surface area contributed by atoms with Crippen molar-refractivity contribution in [3.05, 3.63) is 35.9 Å². The highest BCUT2D eigenvalue weighted by molar-refractivity contribution is 7.89. The van der Waals surface area contributed by atoms with Crippen LogP contribution in [0.15, 0.2) is 30.3 Å². The quantitative estimate of drug-likeness (QED) is 0.846. The van der Waals surface area contributed by atoms with Crippen molar-refractivity contribution in [2.24, 2.45) is 5.92 Å². The summed E-state index contributed by atoms with van der Waals surface area (Å²) in [5.41, 5.74) is 0.730. The number of sulfonamides is 1. The monoisotopic (exact) mass is 297 g/mol. The molecule has 1 aliphatic rings. The van der Waals surface area contributed by atoms with Gasteiger partial charge in [-0.3, -0.25) is 0 Å². The topological polar surface area (TPSA) is 66.4 Å². The van der Waals surface area contributed by atoms with Gasteiger partial charge in [0.25, 0.3) is 0 Å². The minimum Gasteiger partial charge on any atom is -0.387 e. The van der Waals surface area contributed by atoms with E-state index in [0.29, 0.717) is 0 Å². The van der Waals surface area contributed by atoms with Gasteiger partial charge >= 0.3 is 0 Å². The summed E-state index contributed by atoms with van der Waals surface area (Å²) in [7, 11) is -3.29. The molecular weight excluding hydrogens is 274 g/mol. The summed E-state index contributed by atoms with van der Waals surface area (Å²) in [6.45, 7) is 0.0407. The second-order valence-electron chi connectivity index (χ2n) is 5.56. The minimum absolute atomic E-state index is 0.0407. The molecule has 0 radical (unpaired) electrons. The fourth-order valence-corrected chi connectivity index (χ4v) is 4.21. The second-order valence-corrected chi connectivity index (χ2v) is 7.41. The third kappa shape index (κ3) is 4.89. The van der Waals surface area contributed by atoms with Crippen molar-refractivity contribution in [1.82, 2.24) is 4.72 Å². The molecule has 0 spiro atoms. The number of rotatable bonds is 6. The molecule has 1 aromatic carbocycles. The average molecular weight is 297 g/mol. The Kier molecular flexibility index (Phi) is 5.57. The first-order valence-corrected chi connectivity index (χ1v) is 8.92. The molecule has 1 fully saturated rings. The lowest BCUT2D eigenvalue weighted by Crippen LogP contribution is -2.33. The summed E-state index contributed by atoms with van der Waals surface area (Å²) in [5.74, 6) is 0.462. The Morgan fingerprint density at radius 3 is 2.45 bits per heavy atom. The van der Waals surface area contributed by atoms with Gasteiger partial charge in [0.1, 0.15) is 0 Å². The molecule has 1 unspecified atom stereocenters. The summed E-state index contributed by atoms with van der Waals surface area (Å²) in [6.07, 6.45) is 4.69. The fraction of sp³-hybridized carbons (Fsp3) is 0.600. The van der Waals surface area contributed by atoms with Gasteiger partial charge in [0.15, 0.2) is 0 Å². The van der Waals surface area contributed by atoms with Gasteiger partial charge in [0.05, 0.1) is 11.9 Å². The van der Waals surface area contributed by atoms with E-state index >= 15 is 0 Å². The largest absolute Gasteiger partial charge is 0.387 e. The summed E-state index contributed by atoms with van der Waals surface area (Å²) in [5, 5.41) is 9.96. The van der Waals surface area contributed by atoms with Gasteiger partial charge in [-0.2, -0.15) is 0 Å². The zero-order valence-corrected chi connectivity index (χ0v) is 12.5. The predicted octanol–water partition coefficient (Wildman–Crippen LogP) is 2.22. The van der Waals surface area contributed by atoms with E-state index < -0.39 is 16.1 Å². The zero-order valence-electron chi connectivity index (χ0n) is 11.7. The van der Waals surface area contributed by atoms with Crippen LogP contribution in [0, 0.1) is 5.92 Å². The van der Waals surface area contributed by atoms with Gasteiger partial charge in [-0.15, -0.1) is 0 Å². The molecule has 0 amide bonds. The molecule has 20 heavy (non-hydrogen) atoms. The van der Waals surface area contributed by atoms with Crippen LogP contribution in [0.5, 0.6) is 0 Å². The molecule has 0 bridgehead atoms. The van der Waals surface area contributed by atoms with Crippen LogP contribution in [-0.4, -0.2) is 25.8 Å². The van der Waals surface area contributed by atoms with Gasteiger partial charge in [0.2, 0.25) is 10.0 Å². The summed E-state index contributed by atoms with van der Waals surface area (Å²) < 4.78 is 26.6. The summed E-state index contributed by atoms with van der Waals surface area (Å²) in [4.78, 5) is 0. The van der Waals surface area contributed by atoms with E-state index in [-0.39, 0.29) is 18.2 Å². The van der Waals surface area contributed by atoms with E-state index in [1.165, 1.54) is 6.42 Å². The third-order valence-electron chi connectivity index (χ3n) is 3.86. The van der Waals surface area contributed by atoms with Crippen LogP contribution in [0.2, 0.25) is 0 Å². The van der Waals surface area contributed by atoms with Crippen LogP contribution in [-0.2, 0) is 10.0 Å². The Morgan fingerprint density at radius 2 is 1.80 bits per heavy atom. The smallest absolute Gasteiger partial charge is 0.211 e. The van der Waals surface area contributed by atoms with Gasteiger partial charge in [-0.1, -0.05) is 49.6 Å². The average Bonchev–Trinajstić information content (AvgIpc) is 2.46. The fourth-order valence-electron chi connectivity index (χ4n) is 2.72. The van der Waals surface area contributed by atoms with Crippen molar-refractivity contribution in [3.8, 4) is 0 Å². The molecule has 0 aliphatic heterocycles. The maximum atomic E-state index is 12.0. The van der Waals surface area contributed by atoms with Crippen molar-refractivity contribution in [2.75, 3.05) is 12.3 Å². The Labute approximate surface area is 121 Å². The first kappa shape index (κ1) is 15.5. The molecule has 0 heterocycles. The van der Waals surface area contributed by atoms with Gasteiger partial charge in [-0.05, 0) is 24.3 Å². The minimum atomic E-state index is -3.29. The van der Waals surface area contributed by atoms with Gasteiger partial charge in [0, 0.05) is 6.54 Å². The molecule has 2 N–H and O–H groups in total. The van der Waals surface area contributed by atoms with Crippen LogP contribution < -0.4 is 4.72 Å². The van der Waals surface area contributed by atoms with Crippen LogP contribution in [0.3, 0.4) is 0 Å². The first-order chi connectivity index (χ1) is 9.57. The van der Waals surface area contributed by atoms with E-state index in [9.17, 15) is 13.5 Å². The zero-order chi connectivity index (χ0) is 14.4. The maximum Gasteiger partial charge on any atom is 0.211 e. The highest BCUT2D eigenvalue weighted by atomic mass is 32.2. The van der Waals surface area contributed by atoms with E-state index in [1.807, 2.05) is 18.2 Å². The predicted molar refractivity (Wildman–Crippen MR) is 79.8 cm³/mol. The van der Waals surface area contributed by atoms with Crippen molar-refractivity contribution in [1.29, 1.82) is 0 Å². The molecule has 112 valence electrons. The second kappa shape index (κ2) is 7.20. The molecule has 2 rings (SSSR count). The van der Waals surface area contributed by atoms with Crippen LogP contribution in [0.4, 0.5) is 0 Å². The lowest BCUT2D eigenvalue weighted by molar-refractivity contribution is 0.182. The normalized spacial score (nSPS) is 18.9. The Bertz CT molecular complexity index is 495. The molecule has 0 aromatic heterocycles. The molecule has 1 atom stereocenters. The van der Waals surface area contributed by atoms with Crippen molar-refractivity contribution in [2.45, 2.75) is 38.2 Å². The molecule has 4 nitrogen and oxygen atoms in total. The summed E-state index contributed by atoms with van der Waals surface area (Å²) >= 11 is 0. The Hall–Kier alpha value is -0.910. The molecule has 5 heteroatoms. The number of hydrogen-bond acceptors (Lipinski definition) is 3. The lowest BCUT2D eigenvalue weighted by Gasteiger charge is -2.21. The van der Waals surface area contributed by atoms with Crippen molar-refractivity contribution < 1.29 is 13.5 Å². The van der Waals surface area contributed by atoms with Gasteiger partial charge in [-0.25, -0.2) is 13.1 Å². The van der Waals surface area contributed by atoms with E-state index in [0.717, 1.165) is 31.2 Å². The van der Waals surface area contributed by atoms with E-state index in [1.54, 1.807) is 12.1 Å². The van der Waals surface area contributed by atoms with Crippen molar-refractivity contribution >= 4 is 10.0 Å². The number of aliphatic hydroxyl groups excluding tert-OH is 1. The summed E-state index contributed by atoms with van der Waals surface area (Å²) in [6, 6.07) is 9.10. The first-order valence-electron chi connectivity index (χ1n) is 7.27. The van der Waals surface area contributed by atoms with E-state index in [4.69, 9.17) is 0 Å². The molecule has 1 aromatic rings. The van der Waals surface area contributed by atoms with Crippen molar-refractivity contribution in [3.63, 3.8) is 0 Å². The number of hydrogen-bond donors (Lipinski definition) is 2. The van der Waals surface area contributed by atoms with Crippen LogP contribution in [0.25, 0.3) is 0 Å². The van der Waals surface area contributed by atoms with Gasteiger partial charge < -0.3 is 5.11 Å². The Morgan fingerprint density at radius 1 is 1.15 bits per heavy atom.